The molecule has 18 heavy (non-hydrogen) atoms. The van der Waals surface area contributed by atoms with Gasteiger partial charge in [0.15, 0.2) is 5.76 Å². The Kier molecular flexibility index (Phi) is 2.37. The number of fused-ring (bicyclic) bond motifs is 1. The quantitative estimate of drug-likeness (QED) is 0.781. The third-order valence-electron chi connectivity index (χ3n) is 3.30. The Labute approximate surface area is 105 Å². The summed E-state index contributed by atoms with van der Waals surface area (Å²) in [6.45, 7) is 3.09. The Morgan fingerprint density at radius 1 is 1.28 bits per heavy atom. The summed E-state index contributed by atoms with van der Waals surface area (Å²) in [4.78, 5) is 14.1. The fraction of sp³-hybridized carbons (Fsp3) is 0.214. The number of carbonyl (C=O) groups is 1. The van der Waals surface area contributed by atoms with Crippen LogP contribution in [0.25, 0.3) is 0 Å². The molecule has 1 aliphatic heterocycles. The SMILES string of the molecule is Cc1ccoc1C(=O)N1Cc2ccc(N)cc2C1. The maximum Gasteiger partial charge on any atom is 0.290 e. The molecule has 0 spiro atoms. The van der Waals surface area contributed by atoms with Crippen LogP contribution in [-0.2, 0) is 13.1 Å². The van der Waals surface area contributed by atoms with Crippen LogP contribution in [0.4, 0.5) is 5.69 Å². The van der Waals surface area contributed by atoms with Gasteiger partial charge < -0.3 is 15.1 Å². The molecule has 1 aliphatic rings. The van der Waals surface area contributed by atoms with Gasteiger partial charge in [-0.2, -0.15) is 0 Å². The zero-order valence-electron chi connectivity index (χ0n) is 10.1. The lowest BCUT2D eigenvalue weighted by Crippen LogP contribution is -2.25. The second kappa shape index (κ2) is 3.91. The second-order valence-corrected chi connectivity index (χ2v) is 4.62. The third kappa shape index (κ3) is 1.66. The molecule has 1 aromatic heterocycles. The summed E-state index contributed by atoms with van der Waals surface area (Å²) in [6.07, 6.45) is 1.55. The van der Waals surface area contributed by atoms with E-state index in [-0.39, 0.29) is 5.91 Å². The van der Waals surface area contributed by atoms with Crippen molar-refractivity contribution in [3.05, 3.63) is 53.0 Å². The Bertz CT molecular complexity index is 616. The van der Waals surface area contributed by atoms with E-state index in [2.05, 4.69) is 0 Å². The molecule has 0 unspecified atom stereocenters. The predicted octanol–water partition coefficient (Wildman–Crippen LogP) is 2.33. The molecule has 2 aromatic rings. The highest BCUT2D eigenvalue weighted by Crippen LogP contribution is 2.26. The summed E-state index contributed by atoms with van der Waals surface area (Å²) < 4.78 is 5.25. The second-order valence-electron chi connectivity index (χ2n) is 4.62. The summed E-state index contributed by atoms with van der Waals surface area (Å²) in [5.74, 6) is 0.364. The van der Waals surface area contributed by atoms with Gasteiger partial charge in [0.25, 0.3) is 5.91 Å². The Hall–Kier alpha value is -2.23. The molecule has 4 heteroatoms. The van der Waals surface area contributed by atoms with Gasteiger partial charge in [0.2, 0.25) is 0 Å². The van der Waals surface area contributed by atoms with Crippen LogP contribution in [0.5, 0.6) is 0 Å². The van der Waals surface area contributed by atoms with Crippen LogP contribution in [0.3, 0.4) is 0 Å². The van der Waals surface area contributed by atoms with Gasteiger partial charge in [0, 0.05) is 24.3 Å². The van der Waals surface area contributed by atoms with Crippen molar-refractivity contribution in [2.75, 3.05) is 5.73 Å². The van der Waals surface area contributed by atoms with Gasteiger partial charge in [-0.05, 0) is 36.2 Å². The van der Waals surface area contributed by atoms with Crippen LogP contribution in [-0.4, -0.2) is 10.8 Å². The first kappa shape index (κ1) is 10.9. The average molecular weight is 242 g/mol. The van der Waals surface area contributed by atoms with Crippen molar-refractivity contribution in [2.45, 2.75) is 20.0 Å². The molecular formula is C14H14N2O2. The first-order chi connectivity index (χ1) is 8.65. The minimum atomic E-state index is -0.0627. The molecular weight excluding hydrogens is 228 g/mol. The fourth-order valence-corrected chi connectivity index (χ4v) is 2.29. The van der Waals surface area contributed by atoms with Crippen molar-refractivity contribution >= 4 is 11.6 Å². The van der Waals surface area contributed by atoms with E-state index in [1.54, 1.807) is 17.2 Å². The standard InChI is InChI=1S/C14H14N2O2/c1-9-4-5-18-13(9)14(17)16-7-10-2-3-12(15)6-11(10)8-16/h2-6H,7-8,15H2,1H3. The minimum absolute atomic E-state index is 0.0627. The van der Waals surface area contributed by atoms with Crippen molar-refractivity contribution in [3.8, 4) is 0 Å². The van der Waals surface area contributed by atoms with Crippen LogP contribution >= 0.6 is 0 Å². The first-order valence-corrected chi connectivity index (χ1v) is 5.86. The van der Waals surface area contributed by atoms with Gasteiger partial charge >= 0.3 is 0 Å². The largest absolute Gasteiger partial charge is 0.459 e. The average Bonchev–Trinajstić information content (AvgIpc) is 2.93. The summed E-state index contributed by atoms with van der Waals surface area (Å²) in [6, 6.07) is 7.57. The Balaban J connectivity index is 1.86. The Morgan fingerprint density at radius 3 is 2.78 bits per heavy atom. The summed E-state index contributed by atoms with van der Waals surface area (Å²) in [5, 5.41) is 0. The van der Waals surface area contributed by atoms with Crippen molar-refractivity contribution in [1.82, 2.24) is 4.90 Å². The van der Waals surface area contributed by atoms with E-state index in [0.717, 1.165) is 22.4 Å². The Morgan fingerprint density at radius 2 is 2.06 bits per heavy atom. The van der Waals surface area contributed by atoms with Crippen molar-refractivity contribution in [1.29, 1.82) is 0 Å². The number of furan rings is 1. The fourth-order valence-electron chi connectivity index (χ4n) is 2.29. The van der Waals surface area contributed by atoms with E-state index in [1.165, 1.54) is 0 Å². The van der Waals surface area contributed by atoms with Crippen LogP contribution in [0, 0.1) is 6.92 Å². The molecule has 0 atom stereocenters. The van der Waals surface area contributed by atoms with E-state index in [1.807, 2.05) is 25.1 Å². The lowest BCUT2D eigenvalue weighted by molar-refractivity contribution is 0.0718. The molecule has 1 amide bonds. The van der Waals surface area contributed by atoms with Crippen molar-refractivity contribution in [3.63, 3.8) is 0 Å². The number of rotatable bonds is 1. The number of amides is 1. The highest BCUT2D eigenvalue weighted by molar-refractivity contribution is 5.93. The summed E-state index contributed by atoms with van der Waals surface area (Å²) in [7, 11) is 0. The van der Waals surface area contributed by atoms with Crippen LogP contribution in [0.1, 0.15) is 27.2 Å². The summed E-state index contributed by atoms with van der Waals surface area (Å²) in [5.41, 5.74) is 9.63. The highest BCUT2D eigenvalue weighted by Gasteiger charge is 2.26. The molecule has 2 N–H and O–H groups in total. The maximum absolute atomic E-state index is 12.3. The van der Waals surface area contributed by atoms with Crippen LogP contribution < -0.4 is 5.73 Å². The monoisotopic (exact) mass is 242 g/mol. The molecule has 0 saturated heterocycles. The number of nitrogen functional groups attached to an aromatic ring is 1. The van der Waals surface area contributed by atoms with Gasteiger partial charge in [-0.15, -0.1) is 0 Å². The number of anilines is 1. The number of hydrogen-bond acceptors (Lipinski definition) is 3. The molecule has 0 bridgehead atoms. The van der Waals surface area contributed by atoms with Crippen LogP contribution in [0.15, 0.2) is 34.9 Å². The third-order valence-corrected chi connectivity index (χ3v) is 3.30. The molecule has 2 heterocycles. The molecule has 4 nitrogen and oxygen atoms in total. The number of nitrogens with zero attached hydrogens (tertiary/aromatic N) is 1. The zero-order chi connectivity index (χ0) is 12.7. The number of aryl methyl sites for hydroxylation is 1. The number of carbonyl (C=O) groups excluding carboxylic acids is 1. The van der Waals surface area contributed by atoms with E-state index < -0.39 is 0 Å². The summed E-state index contributed by atoms with van der Waals surface area (Å²) >= 11 is 0. The van der Waals surface area contributed by atoms with E-state index in [4.69, 9.17) is 10.2 Å². The minimum Gasteiger partial charge on any atom is -0.459 e. The highest BCUT2D eigenvalue weighted by atomic mass is 16.3. The molecule has 0 radical (unpaired) electrons. The molecule has 92 valence electrons. The lowest BCUT2D eigenvalue weighted by atomic mass is 10.1. The van der Waals surface area contributed by atoms with Gasteiger partial charge in [-0.3, -0.25) is 4.79 Å². The predicted molar refractivity (Wildman–Crippen MR) is 67.9 cm³/mol. The number of hydrogen-bond donors (Lipinski definition) is 1. The van der Waals surface area contributed by atoms with Gasteiger partial charge in [0.05, 0.1) is 6.26 Å². The first-order valence-electron chi connectivity index (χ1n) is 5.86. The molecule has 0 fully saturated rings. The van der Waals surface area contributed by atoms with E-state index >= 15 is 0 Å². The zero-order valence-corrected chi connectivity index (χ0v) is 10.1. The van der Waals surface area contributed by atoms with Gasteiger partial charge in [-0.25, -0.2) is 0 Å². The van der Waals surface area contributed by atoms with E-state index in [9.17, 15) is 4.79 Å². The molecule has 1 aromatic carbocycles. The van der Waals surface area contributed by atoms with Gasteiger partial charge in [0.1, 0.15) is 0 Å². The number of nitrogens with two attached hydrogens (primary N) is 1. The van der Waals surface area contributed by atoms with Crippen molar-refractivity contribution in [2.24, 2.45) is 0 Å². The normalized spacial score (nSPS) is 13.7. The lowest BCUT2D eigenvalue weighted by Gasteiger charge is -2.13. The van der Waals surface area contributed by atoms with Crippen molar-refractivity contribution < 1.29 is 9.21 Å². The molecule has 3 rings (SSSR count). The van der Waals surface area contributed by atoms with Gasteiger partial charge in [-0.1, -0.05) is 6.07 Å². The smallest absolute Gasteiger partial charge is 0.290 e. The van der Waals surface area contributed by atoms with Crippen LogP contribution in [0.2, 0.25) is 0 Å². The molecule has 0 aliphatic carbocycles. The maximum atomic E-state index is 12.3. The molecule has 0 saturated carbocycles. The van der Waals surface area contributed by atoms with E-state index in [0.29, 0.717) is 18.8 Å². The topological polar surface area (TPSA) is 59.5 Å². The number of benzene rings is 1.